The number of aliphatic carboxylic acids is 1. The normalized spacial score (nSPS) is 27.6. The number of halogens is 1. The number of alkyl halides is 1. The molecule has 1 aliphatic rings. The maximum absolute atomic E-state index is 15.3. The summed E-state index contributed by atoms with van der Waals surface area (Å²) in [6.45, 7) is 1.52. The topological polar surface area (TPSA) is 169 Å². The fourth-order valence-electron chi connectivity index (χ4n) is 3.14. The molecule has 14 heteroatoms. The number of H-pyrrole nitrogens is 1. The van der Waals surface area contributed by atoms with E-state index in [0.717, 1.165) is 23.8 Å². The highest BCUT2D eigenvalue weighted by molar-refractivity contribution is 7.52. The SMILES string of the molecule is CC(N[P@](=O)(OC[C@H]1O[C@@H](n2ccc(=O)[nH]c2=O)[C@](C)(F)[C@@H]1O)Oc1ccccc1)C(=O)O. The Morgan fingerprint density at radius 3 is 2.64 bits per heavy atom. The van der Waals surface area contributed by atoms with Crippen molar-refractivity contribution >= 4 is 13.7 Å². The van der Waals surface area contributed by atoms with E-state index in [9.17, 15) is 24.1 Å². The Bertz CT molecular complexity index is 1150. The number of aliphatic hydroxyl groups is 1. The summed E-state index contributed by atoms with van der Waals surface area (Å²) in [6.07, 6.45) is -3.87. The molecule has 12 nitrogen and oxygen atoms in total. The summed E-state index contributed by atoms with van der Waals surface area (Å²) in [5, 5.41) is 21.8. The van der Waals surface area contributed by atoms with Gasteiger partial charge in [0.25, 0.3) is 5.56 Å². The zero-order valence-corrected chi connectivity index (χ0v) is 18.5. The zero-order chi connectivity index (χ0) is 24.4. The summed E-state index contributed by atoms with van der Waals surface area (Å²) in [7, 11) is -4.34. The van der Waals surface area contributed by atoms with Crippen LogP contribution in [0.3, 0.4) is 0 Å². The van der Waals surface area contributed by atoms with Crippen LogP contribution in [-0.4, -0.2) is 56.3 Å². The smallest absolute Gasteiger partial charge is 0.459 e. The number of para-hydroxylation sites is 1. The first-order chi connectivity index (χ1) is 15.4. The number of nitrogens with zero attached hydrogens (tertiary/aromatic N) is 1. The molecule has 1 unspecified atom stereocenters. The Kier molecular flexibility index (Phi) is 7.20. The van der Waals surface area contributed by atoms with E-state index in [0.29, 0.717) is 0 Å². The van der Waals surface area contributed by atoms with Crippen molar-refractivity contribution in [1.82, 2.24) is 14.6 Å². The molecule has 0 bridgehead atoms. The van der Waals surface area contributed by atoms with E-state index in [1.165, 1.54) is 19.1 Å². The van der Waals surface area contributed by atoms with Gasteiger partial charge in [-0.3, -0.25) is 23.7 Å². The van der Waals surface area contributed by atoms with Gasteiger partial charge in [0.1, 0.15) is 24.0 Å². The molecule has 1 aromatic carbocycles. The van der Waals surface area contributed by atoms with Crippen LogP contribution >= 0.6 is 7.75 Å². The number of nitrogens with one attached hydrogen (secondary N) is 2. The van der Waals surface area contributed by atoms with Gasteiger partial charge < -0.3 is 19.5 Å². The van der Waals surface area contributed by atoms with E-state index >= 15 is 4.39 Å². The van der Waals surface area contributed by atoms with E-state index in [1.54, 1.807) is 18.2 Å². The maximum atomic E-state index is 15.3. The second-order valence-electron chi connectivity index (χ2n) is 7.53. The monoisotopic (exact) mass is 487 g/mol. The average Bonchev–Trinajstić information content (AvgIpc) is 2.96. The molecule has 0 spiro atoms. The second kappa shape index (κ2) is 9.57. The lowest BCUT2D eigenvalue weighted by Gasteiger charge is -2.25. The number of carboxylic acids is 1. The van der Waals surface area contributed by atoms with Crippen LogP contribution in [0.5, 0.6) is 5.75 Å². The van der Waals surface area contributed by atoms with E-state index < -0.39 is 61.7 Å². The number of aromatic amines is 1. The van der Waals surface area contributed by atoms with E-state index in [-0.39, 0.29) is 5.75 Å². The summed E-state index contributed by atoms with van der Waals surface area (Å²) < 4.78 is 45.4. The Morgan fingerprint density at radius 2 is 2.03 bits per heavy atom. The first-order valence-corrected chi connectivity index (χ1v) is 11.3. The van der Waals surface area contributed by atoms with Gasteiger partial charge in [-0.05, 0) is 26.0 Å². The highest BCUT2D eigenvalue weighted by Gasteiger charge is 2.55. The number of ether oxygens (including phenoxy) is 1. The highest BCUT2D eigenvalue weighted by atomic mass is 31.2. The van der Waals surface area contributed by atoms with Crippen LogP contribution in [0.4, 0.5) is 4.39 Å². The molecule has 2 heterocycles. The first-order valence-electron chi connectivity index (χ1n) is 9.77. The van der Waals surface area contributed by atoms with Crippen LogP contribution in [0.25, 0.3) is 0 Å². The summed E-state index contributed by atoms with van der Waals surface area (Å²) in [6, 6.07) is 7.41. The van der Waals surface area contributed by atoms with E-state index in [4.69, 9.17) is 18.9 Å². The summed E-state index contributed by atoms with van der Waals surface area (Å²) in [4.78, 5) is 36.5. The molecule has 6 atom stereocenters. The molecule has 4 N–H and O–H groups in total. The molecule has 2 aromatic rings. The Labute approximate surface area is 186 Å². The van der Waals surface area contributed by atoms with Crippen molar-refractivity contribution in [1.29, 1.82) is 0 Å². The number of hydrogen-bond acceptors (Lipinski definition) is 8. The van der Waals surface area contributed by atoms with Crippen molar-refractivity contribution < 1.29 is 37.7 Å². The molecule has 1 aliphatic heterocycles. The van der Waals surface area contributed by atoms with Crippen LogP contribution < -0.4 is 20.9 Å². The lowest BCUT2D eigenvalue weighted by Crippen LogP contribution is -2.43. The van der Waals surface area contributed by atoms with Gasteiger partial charge in [0.15, 0.2) is 11.9 Å². The zero-order valence-electron chi connectivity index (χ0n) is 17.6. The summed E-state index contributed by atoms with van der Waals surface area (Å²) in [5.41, 5.74) is -4.16. The number of aliphatic hydroxyl groups excluding tert-OH is 1. The minimum Gasteiger partial charge on any atom is -0.480 e. The van der Waals surface area contributed by atoms with Gasteiger partial charge in [-0.25, -0.2) is 13.8 Å². The molecule has 0 saturated carbocycles. The lowest BCUT2D eigenvalue weighted by molar-refractivity contribution is -0.138. The quantitative estimate of drug-likeness (QED) is 0.371. The molecule has 1 fully saturated rings. The average molecular weight is 487 g/mol. The van der Waals surface area contributed by atoms with Gasteiger partial charge in [-0.1, -0.05) is 18.2 Å². The standard InChI is InChI=1S/C19H23FN3O9P/c1-11(16(26)27)22-33(29,32-12-6-4-3-5-7-12)30-10-13-15(25)19(2,20)17(31-13)23-9-8-14(24)21-18(23)28/h3-9,11,13,15,17,25H,10H2,1-2H3,(H,22,29)(H,26,27)(H,21,24,28)/t11?,13-,15-,17-,19-,33+/m1/s1. The van der Waals surface area contributed by atoms with Gasteiger partial charge in [-0.15, -0.1) is 0 Å². The largest absolute Gasteiger partial charge is 0.480 e. The maximum Gasteiger partial charge on any atom is 0.459 e. The second-order valence-corrected chi connectivity index (χ2v) is 9.22. The summed E-state index contributed by atoms with van der Waals surface area (Å²) >= 11 is 0. The van der Waals surface area contributed by atoms with Crippen molar-refractivity contribution in [2.45, 2.75) is 44.0 Å². The Morgan fingerprint density at radius 1 is 1.36 bits per heavy atom. The van der Waals surface area contributed by atoms with Crippen LogP contribution in [-0.2, 0) is 18.6 Å². The minimum absolute atomic E-state index is 0.104. The van der Waals surface area contributed by atoms with Gasteiger partial charge >= 0.3 is 19.4 Å². The number of rotatable bonds is 9. The molecule has 1 aromatic heterocycles. The third-order valence-electron chi connectivity index (χ3n) is 4.92. The van der Waals surface area contributed by atoms with Crippen molar-refractivity contribution in [3.63, 3.8) is 0 Å². The van der Waals surface area contributed by atoms with Gasteiger partial charge in [0.2, 0.25) is 0 Å². The number of benzene rings is 1. The van der Waals surface area contributed by atoms with E-state index in [1.807, 2.05) is 4.98 Å². The molecule has 33 heavy (non-hydrogen) atoms. The number of carbonyl (C=O) groups is 1. The molecular formula is C19H23FN3O9P. The predicted molar refractivity (Wildman–Crippen MR) is 112 cm³/mol. The third-order valence-corrected chi connectivity index (χ3v) is 6.56. The Balaban J connectivity index is 1.80. The predicted octanol–water partition coefficient (Wildman–Crippen LogP) is 0.789. The van der Waals surface area contributed by atoms with Crippen LogP contribution in [0.2, 0.25) is 0 Å². The third kappa shape index (κ3) is 5.57. The lowest BCUT2D eigenvalue weighted by atomic mass is 9.98. The van der Waals surface area contributed by atoms with Crippen molar-refractivity contribution in [3.8, 4) is 5.75 Å². The molecule has 1 saturated heterocycles. The molecule has 0 aliphatic carbocycles. The molecule has 180 valence electrons. The van der Waals surface area contributed by atoms with Crippen molar-refractivity contribution in [2.24, 2.45) is 0 Å². The van der Waals surface area contributed by atoms with Gasteiger partial charge in [-0.2, -0.15) is 5.09 Å². The number of carboxylic acid groups (broad SMARTS) is 1. The number of hydrogen-bond donors (Lipinski definition) is 4. The summed E-state index contributed by atoms with van der Waals surface area (Å²) in [5.74, 6) is -1.23. The molecular weight excluding hydrogens is 464 g/mol. The van der Waals surface area contributed by atoms with E-state index in [2.05, 4.69) is 5.09 Å². The highest BCUT2D eigenvalue weighted by Crippen LogP contribution is 2.47. The minimum atomic E-state index is -4.34. The molecule has 3 rings (SSSR count). The van der Waals surface area contributed by atoms with Crippen molar-refractivity contribution in [3.05, 3.63) is 63.4 Å². The fourth-order valence-corrected chi connectivity index (χ4v) is 4.64. The molecule has 0 amide bonds. The van der Waals surface area contributed by atoms with Crippen molar-refractivity contribution in [2.75, 3.05) is 6.61 Å². The van der Waals surface area contributed by atoms with Crippen LogP contribution in [0.15, 0.2) is 52.2 Å². The van der Waals surface area contributed by atoms with Gasteiger partial charge in [0, 0.05) is 12.3 Å². The number of aromatic nitrogens is 2. The van der Waals surface area contributed by atoms with Crippen LogP contribution in [0.1, 0.15) is 20.1 Å². The van der Waals surface area contributed by atoms with Gasteiger partial charge in [0.05, 0.1) is 6.61 Å². The Hall–Kier alpha value is -2.83. The first kappa shape index (κ1) is 24.8. The van der Waals surface area contributed by atoms with Crippen LogP contribution in [0, 0.1) is 0 Å². The fraction of sp³-hybridized carbons (Fsp3) is 0.421. The molecule has 0 radical (unpaired) electrons.